The van der Waals surface area contributed by atoms with Crippen LogP contribution in [0.5, 0.6) is 0 Å². The maximum Gasteiger partial charge on any atom is 0.338 e. The molecule has 2 aliphatic rings. The van der Waals surface area contributed by atoms with Crippen LogP contribution in [0, 0.1) is 0 Å². The van der Waals surface area contributed by atoms with Crippen molar-refractivity contribution >= 4 is 11.9 Å². The molecule has 0 saturated carbocycles. The molecule has 1 aromatic carbocycles. The van der Waals surface area contributed by atoms with E-state index >= 15 is 0 Å². The molecule has 0 unspecified atom stereocenters. The van der Waals surface area contributed by atoms with Crippen molar-refractivity contribution in [1.29, 1.82) is 0 Å². The third-order valence-corrected chi connectivity index (χ3v) is 3.69. The van der Waals surface area contributed by atoms with Crippen LogP contribution < -0.4 is 0 Å². The summed E-state index contributed by atoms with van der Waals surface area (Å²) < 4.78 is 10.4. The Morgan fingerprint density at radius 3 is 1.73 bits per heavy atom. The monoisotopic (exact) mass is 304 g/mol. The Bertz CT molecular complexity index is 508. The fourth-order valence-corrected chi connectivity index (χ4v) is 2.06. The molecule has 0 bridgehead atoms. The molecule has 2 aliphatic heterocycles. The van der Waals surface area contributed by atoms with E-state index < -0.39 is 11.9 Å². The van der Waals surface area contributed by atoms with Gasteiger partial charge in [-0.05, 0) is 18.2 Å². The molecule has 1 aromatic rings. The lowest BCUT2D eigenvalue weighted by Gasteiger charge is -2.07. The van der Waals surface area contributed by atoms with Crippen molar-refractivity contribution in [3.05, 3.63) is 35.4 Å². The maximum atomic E-state index is 11.9. The minimum atomic E-state index is -0.402. The van der Waals surface area contributed by atoms with Crippen molar-refractivity contribution in [3.63, 3.8) is 0 Å². The third kappa shape index (κ3) is 4.54. The summed E-state index contributed by atoms with van der Waals surface area (Å²) in [6.45, 7) is 6.61. The molecule has 0 aromatic heterocycles. The van der Waals surface area contributed by atoms with E-state index in [4.69, 9.17) is 9.47 Å². The number of hydrogen-bond acceptors (Lipinski definition) is 6. The Balaban J connectivity index is 1.48. The summed E-state index contributed by atoms with van der Waals surface area (Å²) in [6.07, 6.45) is 0. The Kier molecular flexibility index (Phi) is 4.70. The van der Waals surface area contributed by atoms with Gasteiger partial charge < -0.3 is 9.47 Å². The summed E-state index contributed by atoms with van der Waals surface area (Å²) in [5.74, 6) is -0.804. The molecular formula is C16H20N2O4. The van der Waals surface area contributed by atoms with Gasteiger partial charge in [0.05, 0.1) is 11.1 Å². The minimum Gasteiger partial charge on any atom is -0.461 e. The van der Waals surface area contributed by atoms with Crippen LogP contribution in [0.1, 0.15) is 20.7 Å². The van der Waals surface area contributed by atoms with E-state index in [-0.39, 0.29) is 0 Å². The van der Waals surface area contributed by atoms with Crippen molar-refractivity contribution in [2.75, 3.05) is 52.5 Å². The first kappa shape index (κ1) is 15.0. The number of hydrogen-bond donors (Lipinski definition) is 0. The number of benzene rings is 1. The number of carbonyl (C=O) groups excluding carboxylic acids is 2. The summed E-state index contributed by atoms with van der Waals surface area (Å²) in [7, 11) is 0. The molecule has 22 heavy (non-hydrogen) atoms. The van der Waals surface area contributed by atoms with E-state index in [0.717, 1.165) is 39.3 Å². The van der Waals surface area contributed by atoms with Gasteiger partial charge in [-0.2, -0.15) is 0 Å². The molecule has 0 atom stereocenters. The van der Waals surface area contributed by atoms with Crippen LogP contribution in [0.3, 0.4) is 0 Å². The highest BCUT2D eigenvalue weighted by Gasteiger charge is 2.19. The second-order valence-electron chi connectivity index (χ2n) is 5.54. The fourth-order valence-electron chi connectivity index (χ4n) is 2.06. The van der Waals surface area contributed by atoms with E-state index in [1.807, 2.05) is 0 Å². The molecule has 0 amide bonds. The average Bonchev–Trinajstić information content (AvgIpc) is 3.42. The van der Waals surface area contributed by atoms with Crippen LogP contribution >= 0.6 is 0 Å². The molecule has 6 heteroatoms. The first-order chi connectivity index (χ1) is 10.7. The summed E-state index contributed by atoms with van der Waals surface area (Å²) >= 11 is 0. The second-order valence-corrected chi connectivity index (χ2v) is 5.54. The highest BCUT2D eigenvalue weighted by Crippen LogP contribution is 2.10. The molecule has 0 spiro atoms. The zero-order valence-corrected chi connectivity index (χ0v) is 12.5. The largest absolute Gasteiger partial charge is 0.461 e. The molecule has 2 saturated heterocycles. The Hall–Kier alpha value is -1.92. The van der Waals surface area contributed by atoms with Crippen molar-refractivity contribution in [1.82, 2.24) is 9.80 Å². The highest BCUT2D eigenvalue weighted by atomic mass is 16.5. The Morgan fingerprint density at radius 1 is 0.864 bits per heavy atom. The summed E-state index contributed by atoms with van der Waals surface area (Å²) in [5, 5.41) is 0. The first-order valence-corrected chi connectivity index (χ1v) is 7.61. The van der Waals surface area contributed by atoms with E-state index in [2.05, 4.69) is 9.80 Å². The van der Waals surface area contributed by atoms with Gasteiger partial charge in [0.25, 0.3) is 0 Å². The van der Waals surface area contributed by atoms with Gasteiger partial charge in [-0.3, -0.25) is 9.80 Å². The number of nitrogens with zero attached hydrogens (tertiary/aromatic N) is 2. The van der Waals surface area contributed by atoms with Crippen LogP contribution in [-0.4, -0.2) is 74.2 Å². The maximum absolute atomic E-state index is 11.9. The van der Waals surface area contributed by atoms with Crippen LogP contribution in [0.25, 0.3) is 0 Å². The lowest BCUT2D eigenvalue weighted by atomic mass is 10.1. The molecule has 6 nitrogen and oxygen atoms in total. The van der Waals surface area contributed by atoms with Gasteiger partial charge in [-0.15, -0.1) is 0 Å². The van der Waals surface area contributed by atoms with Crippen molar-refractivity contribution < 1.29 is 19.1 Å². The van der Waals surface area contributed by atoms with E-state index in [9.17, 15) is 9.59 Å². The van der Waals surface area contributed by atoms with Gasteiger partial charge in [0.15, 0.2) is 0 Å². The lowest BCUT2D eigenvalue weighted by molar-refractivity contribution is 0.0493. The molecule has 0 N–H and O–H groups in total. The average molecular weight is 304 g/mol. The van der Waals surface area contributed by atoms with Crippen LogP contribution in [0.15, 0.2) is 24.3 Å². The number of ether oxygens (including phenoxy) is 2. The van der Waals surface area contributed by atoms with Crippen molar-refractivity contribution in [3.8, 4) is 0 Å². The molecule has 3 rings (SSSR count). The highest BCUT2D eigenvalue weighted by molar-refractivity contribution is 5.95. The SMILES string of the molecule is O=C(OCCN1CC1)c1cccc(C(=O)OCCN2CC2)c1. The zero-order chi connectivity index (χ0) is 15.4. The van der Waals surface area contributed by atoms with Gasteiger partial charge in [0.1, 0.15) is 13.2 Å². The molecule has 0 radical (unpaired) electrons. The molecule has 2 heterocycles. The van der Waals surface area contributed by atoms with Crippen molar-refractivity contribution in [2.45, 2.75) is 0 Å². The Morgan fingerprint density at radius 2 is 1.32 bits per heavy atom. The standard InChI is InChI=1S/C16H20N2O4/c19-15(21-10-8-17-4-5-17)13-2-1-3-14(12-13)16(20)22-11-9-18-6-7-18/h1-3,12H,4-11H2. The van der Waals surface area contributed by atoms with E-state index in [1.165, 1.54) is 6.07 Å². The first-order valence-electron chi connectivity index (χ1n) is 7.61. The van der Waals surface area contributed by atoms with E-state index in [1.54, 1.807) is 18.2 Å². The van der Waals surface area contributed by atoms with Gasteiger partial charge in [0.2, 0.25) is 0 Å². The lowest BCUT2D eigenvalue weighted by Crippen LogP contribution is -2.15. The van der Waals surface area contributed by atoms with Gasteiger partial charge in [-0.1, -0.05) is 6.07 Å². The molecule has 118 valence electrons. The predicted octanol–water partition coefficient (Wildman–Crippen LogP) is 0.631. The normalized spacial score (nSPS) is 17.1. The summed E-state index contributed by atoms with van der Waals surface area (Å²) in [6, 6.07) is 6.49. The van der Waals surface area contributed by atoms with Crippen LogP contribution in [0.4, 0.5) is 0 Å². The van der Waals surface area contributed by atoms with Crippen molar-refractivity contribution in [2.24, 2.45) is 0 Å². The van der Waals surface area contributed by atoms with Gasteiger partial charge >= 0.3 is 11.9 Å². The number of carbonyl (C=O) groups is 2. The summed E-state index contributed by atoms with van der Waals surface area (Å²) in [5.41, 5.74) is 0.761. The topological polar surface area (TPSA) is 58.6 Å². The van der Waals surface area contributed by atoms with Crippen LogP contribution in [0.2, 0.25) is 0 Å². The minimum absolute atomic E-state index is 0.378. The smallest absolute Gasteiger partial charge is 0.338 e. The van der Waals surface area contributed by atoms with Crippen LogP contribution in [-0.2, 0) is 9.47 Å². The van der Waals surface area contributed by atoms with Gasteiger partial charge in [-0.25, -0.2) is 9.59 Å². The quantitative estimate of drug-likeness (QED) is 0.519. The molecular weight excluding hydrogens is 284 g/mol. The summed E-state index contributed by atoms with van der Waals surface area (Å²) in [4.78, 5) is 28.2. The molecule has 2 fully saturated rings. The predicted molar refractivity (Wildman–Crippen MR) is 79.9 cm³/mol. The second kappa shape index (κ2) is 6.89. The zero-order valence-electron chi connectivity index (χ0n) is 12.5. The molecule has 0 aliphatic carbocycles. The fraction of sp³-hybridized carbons (Fsp3) is 0.500. The Labute approximate surface area is 129 Å². The van der Waals surface area contributed by atoms with E-state index in [0.29, 0.717) is 24.3 Å². The number of esters is 2. The van der Waals surface area contributed by atoms with Gasteiger partial charge in [0, 0.05) is 39.3 Å². The third-order valence-electron chi connectivity index (χ3n) is 3.69. The number of rotatable bonds is 8.